The van der Waals surface area contributed by atoms with E-state index in [1.165, 1.54) is 0 Å². The van der Waals surface area contributed by atoms with Gasteiger partial charge in [-0.2, -0.15) is 0 Å². The normalized spacial score (nSPS) is 20.7. The topological polar surface area (TPSA) is 20.3 Å². The second kappa shape index (κ2) is 4.51. The van der Waals surface area contributed by atoms with Crippen molar-refractivity contribution in [2.45, 2.75) is 25.8 Å². The molecule has 3 heteroatoms. The number of halogens is 1. The number of carbonyl (C=O) groups is 1. The molecule has 0 radical (unpaired) electrons. The lowest BCUT2D eigenvalue weighted by Crippen LogP contribution is -2.34. The summed E-state index contributed by atoms with van der Waals surface area (Å²) in [5.74, 6) is 0.185. The third-order valence-corrected chi connectivity index (χ3v) is 3.86. The van der Waals surface area contributed by atoms with Crippen molar-refractivity contribution < 1.29 is 4.79 Å². The summed E-state index contributed by atoms with van der Waals surface area (Å²) >= 11 is 2.22. The Kier molecular flexibility index (Phi) is 3.29. The van der Waals surface area contributed by atoms with Gasteiger partial charge in [0.1, 0.15) is 0 Å². The van der Waals surface area contributed by atoms with Crippen LogP contribution in [0.5, 0.6) is 0 Å². The molecular weight excluding hydrogens is 301 g/mol. The Labute approximate surface area is 104 Å². The molecule has 0 spiro atoms. The van der Waals surface area contributed by atoms with E-state index in [0.29, 0.717) is 6.04 Å². The summed E-state index contributed by atoms with van der Waals surface area (Å²) in [5.41, 5.74) is 0.840. The molecule has 1 atom stereocenters. The van der Waals surface area contributed by atoms with Crippen molar-refractivity contribution in [3.63, 3.8) is 0 Å². The van der Waals surface area contributed by atoms with E-state index in [-0.39, 0.29) is 5.91 Å². The number of carbonyl (C=O) groups excluding carboxylic acids is 1. The Morgan fingerprint density at radius 2 is 2.20 bits per heavy atom. The molecule has 1 amide bonds. The number of nitrogens with zero attached hydrogens (tertiary/aromatic N) is 1. The summed E-state index contributed by atoms with van der Waals surface area (Å²) in [6.07, 6.45) is 2.27. The number of likely N-dealkylation sites (tertiary alicyclic amines) is 1. The zero-order valence-corrected chi connectivity index (χ0v) is 10.9. The molecule has 80 valence electrons. The highest BCUT2D eigenvalue weighted by Gasteiger charge is 2.26. The van der Waals surface area contributed by atoms with Crippen LogP contribution in [-0.2, 0) is 0 Å². The van der Waals surface area contributed by atoms with E-state index in [1.807, 2.05) is 29.2 Å². The van der Waals surface area contributed by atoms with Crippen LogP contribution in [0.4, 0.5) is 0 Å². The Bertz CT molecular complexity index is 378. The molecule has 0 unspecified atom stereocenters. The smallest absolute Gasteiger partial charge is 0.255 e. The molecule has 1 aliphatic rings. The van der Waals surface area contributed by atoms with Gasteiger partial charge in [-0.25, -0.2) is 0 Å². The molecule has 15 heavy (non-hydrogen) atoms. The zero-order chi connectivity index (χ0) is 10.8. The van der Waals surface area contributed by atoms with Gasteiger partial charge in [0.05, 0.1) is 5.56 Å². The molecule has 1 saturated heterocycles. The molecule has 1 heterocycles. The SMILES string of the molecule is C[C@H]1CCCN1C(=O)c1ccccc1I. The van der Waals surface area contributed by atoms with Gasteiger partial charge in [-0.15, -0.1) is 0 Å². The lowest BCUT2D eigenvalue weighted by Gasteiger charge is -2.21. The molecule has 1 aliphatic heterocycles. The molecule has 0 saturated carbocycles. The van der Waals surface area contributed by atoms with Crippen molar-refractivity contribution >= 4 is 28.5 Å². The minimum absolute atomic E-state index is 0.185. The zero-order valence-electron chi connectivity index (χ0n) is 8.74. The molecule has 0 aromatic heterocycles. The Balaban J connectivity index is 2.24. The largest absolute Gasteiger partial charge is 0.336 e. The summed E-state index contributed by atoms with van der Waals surface area (Å²) in [6.45, 7) is 3.03. The summed E-state index contributed by atoms with van der Waals surface area (Å²) in [5, 5.41) is 0. The first-order chi connectivity index (χ1) is 7.20. The van der Waals surface area contributed by atoms with Gasteiger partial charge in [0.25, 0.3) is 5.91 Å². The monoisotopic (exact) mass is 315 g/mol. The highest BCUT2D eigenvalue weighted by Crippen LogP contribution is 2.21. The molecule has 1 fully saturated rings. The molecule has 1 aromatic carbocycles. The van der Waals surface area contributed by atoms with Gasteiger partial charge in [-0.05, 0) is 54.5 Å². The minimum Gasteiger partial charge on any atom is -0.336 e. The molecule has 0 bridgehead atoms. The Morgan fingerprint density at radius 1 is 1.47 bits per heavy atom. The van der Waals surface area contributed by atoms with Crippen LogP contribution >= 0.6 is 22.6 Å². The first-order valence-corrected chi connectivity index (χ1v) is 6.33. The van der Waals surface area contributed by atoms with Crippen molar-refractivity contribution in [1.82, 2.24) is 4.90 Å². The summed E-state index contributed by atoms with van der Waals surface area (Å²) in [4.78, 5) is 14.2. The van der Waals surface area contributed by atoms with E-state index in [4.69, 9.17) is 0 Å². The summed E-state index contributed by atoms with van der Waals surface area (Å²) in [7, 11) is 0. The average molecular weight is 315 g/mol. The van der Waals surface area contributed by atoms with Gasteiger partial charge in [0.2, 0.25) is 0 Å². The van der Waals surface area contributed by atoms with E-state index in [2.05, 4.69) is 29.5 Å². The number of rotatable bonds is 1. The van der Waals surface area contributed by atoms with Crippen LogP contribution in [0.2, 0.25) is 0 Å². The van der Waals surface area contributed by atoms with Crippen LogP contribution in [0.3, 0.4) is 0 Å². The third kappa shape index (κ3) is 2.17. The van der Waals surface area contributed by atoms with E-state index in [9.17, 15) is 4.79 Å². The van der Waals surface area contributed by atoms with E-state index in [1.54, 1.807) is 0 Å². The van der Waals surface area contributed by atoms with Crippen molar-refractivity contribution in [2.24, 2.45) is 0 Å². The molecule has 1 aromatic rings. The van der Waals surface area contributed by atoms with Crippen LogP contribution in [0, 0.1) is 3.57 Å². The fraction of sp³-hybridized carbons (Fsp3) is 0.417. The van der Waals surface area contributed by atoms with Gasteiger partial charge < -0.3 is 4.90 Å². The van der Waals surface area contributed by atoms with Crippen LogP contribution in [0.15, 0.2) is 24.3 Å². The second-order valence-corrected chi connectivity index (χ2v) is 5.13. The molecule has 2 rings (SSSR count). The van der Waals surface area contributed by atoms with Crippen molar-refractivity contribution in [3.05, 3.63) is 33.4 Å². The first-order valence-electron chi connectivity index (χ1n) is 5.25. The molecule has 0 N–H and O–H groups in total. The number of benzene rings is 1. The lowest BCUT2D eigenvalue weighted by atomic mass is 10.2. The number of amides is 1. The van der Waals surface area contributed by atoms with Crippen LogP contribution in [-0.4, -0.2) is 23.4 Å². The van der Waals surface area contributed by atoms with E-state index >= 15 is 0 Å². The van der Waals surface area contributed by atoms with Gasteiger partial charge in [-0.1, -0.05) is 12.1 Å². The van der Waals surface area contributed by atoms with Crippen LogP contribution < -0.4 is 0 Å². The molecule has 2 nitrogen and oxygen atoms in total. The predicted molar refractivity (Wildman–Crippen MR) is 68.9 cm³/mol. The number of hydrogen-bond donors (Lipinski definition) is 0. The van der Waals surface area contributed by atoms with Crippen molar-refractivity contribution in [3.8, 4) is 0 Å². The predicted octanol–water partition coefficient (Wildman–Crippen LogP) is 2.92. The van der Waals surface area contributed by atoms with Gasteiger partial charge in [0, 0.05) is 16.2 Å². The third-order valence-electron chi connectivity index (χ3n) is 2.92. The minimum atomic E-state index is 0.185. The molecule has 0 aliphatic carbocycles. The van der Waals surface area contributed by atoms with Crippen LogP contribution in [0.1, 0.15) is 30.1 Å². The average Bonchev–Trinajstić information content (AvgIpc) is 2.64. The summed E-state index contributed by atoms with van der Waals surface area (Å²) in [6, 6.07) is 8.18. The summed E-state index contributed by atoms with van der Waals surface area (Å²) < 4.78 is 1.04. The maximum Gasteiger partial charge on any atom is 0.255 e. The lowest BCUT2D eigenvalue weighted by molar-refractivity contribution is 0.0746. The molecular formula is C12H14INO. The highest BCUT2D eigenvalue weighted by atomic mass is 127. The van der Waals surface area contributed by atoms with E-state index < -0.39 is 0 Å². The van der Waals surface area contributed by atoms with Gasteiger partial charge >= 0.3 is 0 Å². The fourth-order valence-electron chi connectivity index (χ4n) is 2.02. The fourth-order valence-corrected chi connectivity index (χ4v) is 2.64. The van der Waals surface area contributed by atoms with Gasteiger partial charge in [-0.3, -0.25) is 4.79 Å². The van der Waals surface area contributed by atoms with Crippen molar-refractivity contribution in [2.75, 3.05) is 6.54 Å². The van der Waals surface area contributed by atoms with E-state index in [0.717, 1.165) is 28.5 Å². The van der Waals surface area contributed by atoms with Gasteiger partial charge in [0.15, 0.2) is 0 Å². The number of hydrogen-bond acceptors (Lipinski definition) is 1. The Morgan fingerprint density at radius 3 is 2.80 bits per heavy atom. The quantitative estimate of drug-likeness (QED) is 0.730. The maximum atomic E-state index is 12.2. The standard InChI is InChI=1S/C12H14INO/c1-9-5-4-8-14(9)12(15)10-6-2-3-7-11(10)13/h2-3,6-7,9H,4-5,8H2,1H3/t9-/m0/s1. The first kappa shape index (κ1) is 10.9. The second-order valence-electron chi connectivity index (χ2n) is 3.97. The highest BCUT2D eigenvalue weighted by molar-refractivity contribution is 14.1. The maximum absolute atomic E-state index is 12.2. The van der Waals surface area contributed by atoms with Crippen molar-refractivity contribution in [1.29, 1.82) is 0 Å². The Hall–Kier alpha value is -0.580. The van der Waals surface area contributed by atoms with Crippen LogP contribution in [0.25, 0.3) is 0 Å².